The predicted molar refractivity (Wildman–Crippen MR) is 95.7 cm³/mol. The van der Waals surface area contributed by atoms with Crippen LogP contribution in [0.15, 0.2) is 54.6 Å². The predicted octanol–water partition coefficient (Wildman–Crippen LogP) is 3.43. The van der Waals surface area contributed by atoms with Gasteiger partial charge in [-0.3, -0.25) is 4.72 Å². The van der Waals surface area contributed by atoms with Gasteiger partial charge in [-0.1, -0.05) is 36.4 Å². The molecule has 0 heterocycles. The number of hydrogen-bond donors (Lipinski definition) is 1. The minimum atomic E-state index is -3.47. The molecule has 1 N–H and O–H groups in total. The van der Waals surface area contributed by atoms with E-state index in [4.69, 9.17) is 9.47 Å². The molecule has 0 atom stereocenters. The largest absolute Gasteiger partial charge is 0.489 e. The maximum Gasteiger partial charge on any atom is 0.235 e. The van der Waals surface area contributed by atoms with Crippen molar-refractivity contribution in [3.8, 4) is 5.75 Å². The molecule has 0 aliphatic rings. The number of sulfonamides is 1. The fourth-order valence-electron chi connectivity index (χ4n) is 2.04. The number of anilines is 1. The zero-order valence-corrected chi connectivity index (χ0v) is 14.8. The summed E-state index contributed by atoms with van der Waals surface area (Å²) in [5.74, 6) is 0.652. The van der Waals surface area contributed by atoms with E-state index in [-0.39, 0.29) is 25.1 Å². The third kappa shape index (κ3) is 6.22. The van der Waals surface area contributed by atoms with Crippen molar-refractivity contribution < 1.29 is 17.9 Å². The minimum Gasteiger partial charge on any atom is -0.489 e. The summed E-state index contributed by atoms with van der Waals surface area (Å²) in [7, 11) is -3.47. The lowest BCUT2D eigenvalue weighted by molar-refractivity contribution is 0.0913. The van der Waals surface area contributed by atoms with Crippen LogP contribution in [0.3, 0.4) is 0 Å². The van der Waals surface area contributed by atoms with Gasteiger partial charge >= 0.3 is 0 Å². The zero-order valence-electron chi connectivity index (χ0n) is 13.9. The number of benzene rings is 2. The van der Waals surface area contributed by atoms with Crippen LogP contribution in [0.5, 0.6) is 5.75 Å². The Balaban J connectivity index is 2.00. The molecule has 0 aliphatic carbocycles. The van der Waals surface area contributed by atoms with Crippen LogP contribution in [-0.4, -0.2) is 26.9 Å². The van der Waals surface area contributed by atoms with E-state index < -0.39 is 10.0 Å². The number of nitrogens with one attached hydrogen (secondary N) is 1. The fourth-order valence-corrected chi connectivity index (χ4v) is 2.99. The van der Waals surface area contributed by atoms with Gasteiger partial charge in [-0.25, -0.2) is 8.42 Å². The highest BCUT2D eigenvalue weighted by Gasteiger charge is 2.13. The molecule has 0 saturated carbocycles. The molecule has 24 heavy (non-hydrogen) atoms. The SMILES string of the molecule is CC(C)OCCS(=O)(=O)Nc1ccccc1COc1ccccc1. The van der Waals surface area contributed by atoms with E-state index in [0.29, 0.717) is 5.69 Å². The van der Waals surface area contributed by atoms with Crippen LogP contribution in [0, 0.1) is 0 Å². The summed E-state index contributed by atoms with van der Waals surface area (Å²) in [6, 6.07) is 16.6. The number of para-hydroxylation sites is 2. The lowest BCUT2D eigenvalue weighted by Crippen LogP contribution is -2.22. The van der Waals surface area contributed by atoms with Gasteiger partial charge in [0.25, 0.3) is 0 Å². The van der Waals surface area contributed by atoms with Crippen LogP contribution in [-0.2, 0) is 21.4 Å². The van der Waals surface area contributed by atoms with Crippen molar-refractivity contribution in [1.29, 1.82) is 0 Å². The smallest absolute Gasteiger partial charge is 0.235 e. The Hall–Kier alpha value is -2.05. The number of hydrogen-bond acceptors (Lipinski definition) is 4. The molecule has 6 heteroatoms. The van der Waals surface area contributed by atoms with Crippen LogP contribution in [0.2, 0.25) is 0 Å². The van der Waals surface area contributed by atoms with Gasteiger partial charge in [0.1, 0.15) is 12.4 Å². The summed E-state index contributed by atoms with van der Waals surface area (Å²) in [6.07, 6.45) is 0.00626. The Kier molecular flexibility index (Phi) is 6.63. The van der Waals surface area contributed by atoms with Crippen LogP contribution in [0.25, 0.3) is 0 Å². The molecule has 0 fully saturated rings. The van der Waals surface area contributed by atoms with E-state index in [1.54, 1.807) is 12.1 Å². The molecule has 0 aromatic heterocycles. The molecule has 0 spiro atoms. The van der Waals surface area contributed by atoms with Crippen molar-refractivity contribution in [2.24, 2.45) is 0 Å². The average Bonchev–Trinajstić information content (AvgIpc) is 2.54. The average molecular weight is 349 g/mol. The van der Waals surface area contributed by atoms with Gasteiger partial charge in [-0.2, -0.15) is 0 Å². The van der Waals surface area contributed by atoms with Gasteiger partial charge in [0, 0.05) is 5.56 Å². The van der Waals surface area contributed by atoms with Crippen LogP contribution >= 0.6 is 0 Å². The van der Waals surface area contributed by atoms with Crippen molar-refractivity contribution in [3.63, 3.8) is 0 Å². The van der Waals surface area contributed by atoms with Crippen molar-refractivity contribution in [2.75, 3.05) is 17.1 Å². The molecule has 0 radical (unpaired) electrons. The van der Waals surface area contributed by atoms with E-state index in [1.807, 2.05) is 56.3 Å². The molecule has 0 bridgehead atoms. The summed E-state index contributed by atoms with van der Waals surface area (Å²) >= 11 is 0. The molecule has 2 aromatic rings. The lowest BCUT2D eigenvalue weighted by atomic mass is 10.2. The molecule has 0 amide bonds. The zero-order chi connectivity index (χ0) is 17.4. The molecular formula is C18H23NO4S. The second kappa shape index (κ2) is 8.70. The van der Waals surface area contributed by atoms with Gasteiger partial charge < -0.3 is 9.47 Å². The maximum atomic E-state index is 12.2. The lowest BCUT2D eigenvalue weighted by Gasteiger charge is -2.14. The fraction of sp³-hybridized carbons (Fsp3) is 0.333. The van der Waals surface area contributed by atoms with Crippen molar-refractivity contribution in [1.82, 2.24) is 0 Å². The number of rotatable bonds is 9. The highest BCUT2D eigenvalue weighted by atomic mass is 32.2. The monoisotopic (exact) mass is 349 g/mol. The highest BCUT2D eigenvalue weighted by Crippen LogP contribution is 2.19. The molecule has 2 rings (SSSR count). The summed E-state index contributed by atoms with van der Waals surface area (Å²) in [5.41, 5.74) is 1.30. The van der Waals surface area contributed by atoms with Crippen LogP contribution < -0.4 is 9.46 Å². The summed E-state index contributed by atoms with van der Waals surface area (Å²) in [5, 5.41) is 0. The van der Waals surface area contributed by atoms with Crippen LogP contribution in [0.1, 0.15) is 19.4 Å². The van der Waals surface area contributed by atoms with Crippen LogP contribution in [0.4, 0.5) is 5.69 Å². The van der Waals surface area contributed by atoms with Gasteiger partial charge in [0.15, 0.2) is 0 Å². The molecule has 2 aromatic carbocycles. The Morgan fingerprint density at radius 2 is 1.67 bits per heavy atom. The minimum absolute atomic E-state index is 0.00626. The topological polar surface area (TPSA) is 64.6 Å². The summed E-state index contributed by atoms with van der Waals surface area (Å²) < 4.78 is 38.0. The van der Waals surface area contributed by atoms with Crippen molar-refractivity contribution in [3.05, 3.63) is 60.2 Å². The molecule has 130 valence electrons. The molecular weight excluding hydrogens is 326 g/mol. The molecule has 0 unspecified atom stereocenters. The summed E-state index contributed by atoms with van der Waals surface area (Å²) in [4.78, 5) is 0. The van der Waals surface area contributed by atoms with Gasteiger partial charge in [0.2, 0.25) is 10.0 Å². The first-order valence-corrected chi connectivity index (χ1v) is 9.49. The Bertz CT molecular complexity index is 730. The van der Waals surface area contributed by atoms with Crippen molar-refractivity contribution in [2.45, 2.75) is 26.6 Å². The standard InChI is InChI=1S/C18H23NO4S/c1-15(2)22-12-13-24(20,21)19-18-11-7-6-8-16(18)14-23-17-9-4-3-5-10-17/h3-11,15,19H,12-14H2,1-2H3. The van der Waals surface area contributed by atoms with E-state index >= 15 is 0 Å². The Morgan fingerprint density at radius 1 is 1.00 bits per heavy atom. The van der Waals surface area contributed by atoms with Gasteiger partial charge in [-0.05, 0) is 32.0 Å². The normalized spacial score (nSPS) is 11.5. The van der Waals surface area contributed by atoms with Gasteiger partial charge in [0.05, 0.1) is 24.2 Å². The van der Waals surface area contributed by atoms with Gasteiger partial charge in [-0.15, -0.1) is 0 Å². The van der Waals surface area contributed by atoms with Crippen molar-refractivity contribution >= 4 is 15.7 Å². The second-order valence-corrected chi connectivity index (χ2v) is 7.44. The Morgan fingerprint density at radius 3 is 2.38 bits per heavy atom. The third-order valence-corrected chi connectivity index (χ3v) is 4.46. The third-order valence-electron chi connectivity index (χ3n) is 3.22. The quantitative estimate of drug-likeness (QED) is 0.753. The molecule has 5 nitrogen and oxygen atoms in total. The Labute approximate surface area is 143 Å². The van der Waals surface area contributed by atoms with E-state index in [2.05, 4.69) is 4.72 Å². The second-order valence-electron chi connectivity index (χ2n) is 5.60. The summed E-state index contributed by atoms with van der Waals surface area (Å²) in [6.45, 7) is 4.19. The maximum absolute atomic E-state index is 12.2. The first-order valence-electron chi connectivity index (χ1n) is 7.84. The van der Waals surface area contributed by atoms with E-state index in [9.17, 15) is 8.42 Å². The highest BCUT2D eigenvalue weighted by molar-refractivity contribution is 7.92. The number of ether oxygens (including phenoxy) is 2. The first kappa shape index (κ1) is 18.3. The van der Waals surface area contributed by atoms with E-state index in [1.165, 1.54) is 0 Å². The molecule has 0 aliphatic heterocycles. The molecule has 0 saturated heterocycles. The van der Waals surface area contributed by atoms with E-state index in [0.717, 1.165) is 11.3 Å². The first-order chi connectivity index (χ1) is 11.5.